The van der Waals surface area contributed by atoms with Crippen molar-refractivity contribution in [3.05, 3.63) is 35.9 Å². The fraction of sp³-hybridized carbons (Fsp3) is 0.450. The number of rotatable bonds is 8. The molecule has 1 aromatic carbocycles. The number of imidazole rings is 1. The Bertz CT molecular complexity index is 999. The Morgan fingerprint density at radius 2 is 2.00 bits per heavy atom. The number of nitrogens with zero attached hydrogens (tertiary/aromatic N) is 4. The van der Waals surface area contributed by atoms with Crippen LogP contribution in [0.15, 0.2) is 24.5 Å². The highest BCUT2D eigenvalue weighted by Crippen LogP contribution is 2.25. The summed E-state index contributed by atoms with van der Waals surface area (Å²) in [6, 6.07) is 3.54. The number of aromatic hydroxyl groups is 1. The van der Waals surface area contributed by atoms with Crippen LogP contribution in [-0.4, -0.2) is 41.4 Å². The van der Waals surface area contributed by atoms with Gasteiger partial charge in [0.05, 0.1) is 18.0 Å². The molecule has 0 aliphatic carbocycles. The van der Waals surface area contributed by atoms with Crippen molar-refractivity contribution in [3.63, 3.8) is 0 Å². The molecule has 2 heterocycles. The van der Waals surface area contributed by atoms with Crippen molar-refractivity contribution in [3.8, 4) is 5.75 Å². The van der Waals surface area contributed by atoms with Gasteiger partial charge >= 0.3 is 0 Å². The highest BCUT2D eigenvalue weighted by molar-refractivity contribution is 5.84. The smallest absolute Gasteiger partial charge is 0.227 e. The first-order valence-electron chi connectivity index (χ1n) is 9.66. The van der Waals surface area contributed by atoms with E-state index in [1.54, 1.807) is 20.2 Å². The minimum absolute atomic E-state index is 0.00490. The molecule has 0 saturated carbocycles. The molecule has 0 aliphatic rings. The summed E-state index contributed by atoms with van der Waals surface area (Å²) in [6.45, 7) is 8.26. The molecule has 4 N–H and O–H groups in total. The first kappa shape index (κ1) is 20.8. The van der Waals surface area contributed by atoms with E-state index in [1.807, 2.05) is 18.4 Å². The maximum atomic E-state index is 13.5. The number of phenolic OH excluding ortho intramolecular Hbond substituents is 1. The highest BCUT2D eigenvalue weighted by Gasteiger charge is 2.26. The number of aromatic nitrogens is 4. The number of hydrogen-bond donors (Lipinski definition) is 4. The summed E-state index contributed by atoms with van der Waals surface area (Å²) in [5.41, 5.74) is 0.661. The SMILES string of the molecule is CCC(Nc1nc(NCc2cc(F)ccc2O)c2ncn(CC)c2n1)C(C)(C)O. The zero-order valence-electron chi connectivity index (χ0n) is 17.1. The van der Waals surface area contributed by atoms with Gasteiger partial charge in [-0.3, -0.25) is 0 Å². The van der Waals surface area contributed by atoms with E-state index in [1.165, 1.54) is 18.2 Å². The van der Waals surface area contributed by atoms with Crippen LogP contribution in [0.3, 0.4) is 0 Å². The summed E-state index contributed by atoms with van der Waals surface area (Å²) < 4.78 is 15.4. The molecule has 0 fully saturated rings. The molecule has 0 radical (unpaired) electrons. The van der Waals surface area contributed by atoms with Crippen LogP contribution in [0.25, 0.3) is 11.2 Å². The van der Waals surface area contributed by atoms with Crippen LogP contribution in [-0.2, 0) is 13.1 Å². The van der Waals surface area contributed by atoms with Crippen molar-refractivity contribution < 1.29 is 14.6 Å². The molecule has 0 bridgehead atoms. The number of benzene rings is 1. The lowest BCUT2D eigenvalue weighted by Crippen LogP contribution is -2.41. The molecule has 2 aromatic heterocycles. The predicted molar refractivity (Wildman–Crippen MR) is 110 cm³/mol. The van der Waals surface area contributed by atoms with Gasteiger partial charge in [0, 0.05) is 18.7 Å². The molecule has 29 heavy (non-hydrogen) atoms. The average Bonchev–Trinajstić information content (AvgIpc) is 3.08. The molecule has 0 amide bonds. The van der Waals surface area contributed by atoms with E-state index >= 15 is 0 Å². The van der Waals surface area contributed by atoms with Gasteiger partial charge in [0.2, 0.25) is 5.95 Å². The summed E-state index contributed by atoms with van der Waals surface area (Å²) in [4.78, 5) is 13.5. The van der Waals surface area contributed by atoms with E-state index in [-0.39, 0.29) is 18.3 Å². The lowest BCUT2D eigenvalue weighted by Gasteiger charge is -2.29. The van der Waals surface area contributed by atoms with Crippen molar-refractivity contribution >= 4 is 22.9 Å². The van der Waals surface area contributed by atoms with Gasteiger partial charge in [-0.1, -0.05) is 6.92 Å². The number of anilines is 2. The number of phenols is 1. The first-order chi connectivity index (χ1) is 13.7. The van der Waals surface area contributed by atoms with E-state index in [2.05, 4.69) is 25.6 Å². The first-order valence-corrected chi connectivity index (χ1v) is 9.66. The van der Waals surface area contributed by atoms with Gasteiger partial charge in [-0.05, 0) is 45.4 Å². The largest absolute Gasteiger partial charge is 0.508 e. The third-order valence-electron chi connectivity index (χ3n) is 4.86. The van der Waals surface area contributed by atoms with Crippen LogP contribution in [0.1, 0.15) is 39.7 Å². The Morgan fingerprint density at radius 3 is 2.66 bits per heavy atom. The second-order valence-electron chi connectivity index (χ2n) is 7.48. The zero-order chi connectivity index (χ0) is 21.2. The van der Waals surface area contributed by atoms with Crippen LogP contribution in [0.5, 0.6) is 5.75 Å². The summed E-state index contributed by atoms with van der Waals surface area (Å²) >= 11 is 0. The normalized spacial score (nSPS) is 12.9. The predicted octanol–water partition coefficient (Wildman–Crippen LogP) is 3.26. The summed E-state index contributed by atoms with van der Waals surface area (Å²) in [7, 11) is 0. The molecular formula is C20H27FN6O2. The van der Waals surface area contributed by atoms with E-state index in [0.29, 0.717) is 41.5 Å². The van der Waals surface area contributed by atoms with Gasteiger partial charge in [-0.15, -0.1) is 0 Å². The second kappa shape index (κ2) is 8.20. The van der Waals surface area contributed by atoms with Gasteiger partial charge in [0.1, 0.15) is 11.6 Å². The lowest BCUT2D eigenvalue weighted by molar-refractivity contribution is 0.0577. The summed E-state index contributed by atoms with van der Waals surface area (Å²) in [5, 5.41) is 26.7. The average molecular weight is 402 g/mol. The number of aryl methyl sites for hydroxylation is 1. The standard InChI is InChI=1S/C20H27FN6O2/c1-5-15(20(3,4)29)24-19-25-17(16-18(26-19)27(6-2)11-23-16)22-10-12-9-13(21)7-8-14(12)28/h7-9,11,15,28-29H,5-6,10H2,1-4H3,(H2,22,24,25,26). The number of halogens is 1. The van der Waals surface area contributed by atoms with E-state index in [4.69, 9.17) is 0 Å². The highest BCUT2D eigenvalue weighted by atomic mass is 19.1. The van der Waals surface area contributed by atoms with Crippen LogP contribution in [0.4, 0.5) is 16.2 Å². The molecule has 3 rings (SSSR count). The molecule has 0 aliphatic heterocycles. The van der Waals surface area contributed by atoms with E-state index in [0.717, 1.165) is 0 Å². The van der Waals surface area contributed by atoms with Crippen LogP contribution >= 0.6 is 0 Å². The lowest BCUT2D eigenvalue weighted by atomic mass is 9.97. The van der Waals surface area contributed by atoms with Gasteiger partial charge in [0.25, 0.3) is 0 Å². The minimum Gasteiger partial charge on any atom is -0.508 e. The van der Waals surface area contributed by atoms with E-state index in [9.17, 15) is 14.6 Å². The Kier molecular flexibility index (Phi) is 5.88. The number of fused-ring (bicyclic) bond motifs is 1. The fourth-order valence-electron chi connectivity index (χ4n) is 3.17. The molecule has 8 nitrogen and oxygen atoms in total. The Labute approximate surface area is 168 Å². The zero-order valence-corrected chi connectivity index (χ0v) is 17.1. The Morgan fingerprint density at radius 1 is 1.24 bits per heavy atom. The quantitative estimate of drug-likeness (QED) is 0.458. The third-order valence-corrected chi connectivity index (χ3v) is 4.86. The number of hydrogen-bond acceptors (Lipinski definition) is 7. The number of nitrogens with one attached hydrogen (secondary N) is 2. The Balaban J connectivity index is 1.96. The van der Waals surface area contributed by atoms with Crippen molar-refractivity contribution in [2.45, 2.75) is 58.8 Å². The van der Waals surface area contributed by atoms with Crippen molar-refractivity contribution in [2.75, 3.05) is 10.6 Å². The molecule has 9 heteroatoms. The van der Waals surface area contributed by atoms with Gasteiger partial charge in [-0.2, -0.15) is 9.97 Å². The van der Waals surface area contributed by atoms with Crippen LogP contribution in [0, 0.1) is 5.82 Å². The van der Waals surface area contributed by atoms with Crippen molar-refractivity contribution in [2.24, 2.45) is 0 Å². The summed E-state index contributed by atoms with van der Waals surface area (Å²) in [5.74, 6) is 0.377. The molecule has 1 unspecified atom stereocenters. The third kappa shape index (κ3) is 4.56. The molecule has 156 valence electrons. The van der Waals surface area contributed by atoms with Crippen LogP contribution in [0.2, 0.25) is 0 Å². The topological polar surface area (TPSA) is 108 Å². The fourth-order valence-corrected chi connectivity index (χ4v) is 3.17. The van der Waals surface area contributed by atoms with Gasteiger partial charge < -0.3 is 25.4 Å². The van der Waals surface area contributed by atoms with Crippen molar-refractivity contribution in [1.29, 1.82) is 0 Å². The Hall–Kier alpha value is -2.94. The molecular weight excluding hydrogens is 375 g/mol. The molecule has 0 saturated heterocycles. The molecule has 3 aromatic rings. The van der Waals surface area contributed by atoms with Crippen molar-refractivity contribution in [1.82, 2.24) is 19.5 Å². The maximum absolute atomic E-state index is 13.5. The van der Waals surface area contributed by atoms with Crippen LogP contribution < -0.4 is 10.6 Å². The number of aliphatic hydroxyl groups is 1. The maximum Gasteiger partial charge on any atom is 0.227 e. The minimum atomic E-state index is -0.959. The molecule has 0 spiro atoms. The summed E-state index contributed by atoms with van der Waals surface area (Å²) in [6.07, 6.45) is 2.36. The molecule has 1 atom stereocenters. The second-order valence-corrected chi connectivity index (χ2v) is 7.48. The van der Waals surface area contributed by atoms with Gasteiger partial charge in [-0.25, -0.2) is 9.37 Å². The monoisotopic (exact) mass is 402 g/mol. The van der Waals surface area contributed by atoms with E-state index < -0.39 is 11.4 Å². The van der Waals surface area contributed by atoms with Gasteiger partial charge in [0.15, 0.2) is 17.0 Å².